The number of anilines is 1. The Labute approximate surface area is 222 Å². The van der Waals surface area contributed by atoms with Crippen LogP contribution >= 0.6 is 0 Å². The van der Waals surface area contributed by atoms with E-state index in [0.717, 1.165) is 17.0 Å². The Balaban J connectivity index is 1.50. The fourth-order valence-corrected chi connectivity index (χ4v) is 6.71. The maximum absolute atomic E-state index is 14.1. The molecule has 38 heavy (non-hydrogen) atoms. The molecule has 0 N–H and O–H groups in total. The number of fused-ring (bicyclic) bond motifs is 1. The molecule has 4 aromatic rings. The van der Waals surface area contributed by atoms with E-state index in [-0.39, 0.29) is 27.8 Å². The molecular weight excluding hydrogens is 502 g/mol. The van der Waals surface area contributed by atoms with E-state index in [1.807, 2.05) is 66.5 Å². The van der Waals surface area contributed by atoms with Gasteiger partial charge in [-0.3, -0.25) is 4.79 Å². The van der Waals surface area contributed by atoms with Crippen molar-refractivity contribution in [3.8, 4) is 17.1 Å². The van der Waals surface area contributed by atoms with Gasteiger partial charge in [0.15, 0.2) is 11.0 Å². The first-order chi connectivity index (χ1) is 18.4. The van der Waals surface area contributed by atoms with Crippen LogP contribution in [-0.2, 0) is 10.0 Å². The summed E-state index contributed by atoms with van der Waals surface area (Å²) in [5.41, 5.74) is 1.98. The van der Waals surface area contributed by atoms with Crippen molar-refractivity contribution in [3.63, 3.8) is 0 Å². The number of hydrazine groups is 1. The summed E-state index contributed by atoms with van der Waals surface area (Å²) >= 11 is 0. The second-order valence-corrected chi connectivity index (χ2v) is 11.0. The van der Waals surface area contributed by atoms with Crippen LogP contribution in [0.2, 0.25) is 0 Å². The van der Waals surface area contributed by atoms with Crippen LogP contribution in [0.4, 0.5) is 5.69 Å². The van der Waals surface area contributed by atoms with E-state index in [4.69, 9.17) is 9.15 Å². The summed E-state index contributed by atoms with van der Waals surface area (Å²) in [5, 5.41) is 2.10. The molecule has 1 saturated heterocycles. The molecule has 1 aliphatic rings. The number of hydrogen-bond acceptors (Lipinski definition) is 7. The van der Waals surface area contributed by atoms with Crippen LogP contribution in [0.15, 0.2) is 86.9 Å². The van der Waals surface area contributed by atoms with E-state index >= 15 is 0 Å². The Morgan fingerprint density at radius 3 is 2.29 bits per heavy atom. The summed E-state index contributed by atoms with van der Waals surface area (Å²) in [7, 11) is -2.37. The maximum Gasteiger partial charge on any atom is 0.259 e. The fourth-order valence-electron chi connectivity index (χ4n) is 5.04. The van der Waals surface area contributed by atoms with E-state index < -0.39 is 10.0 Å². The zero-order valence-electron chi connectivity index (χ0n) is 21.8. The highest BCUT2D eigenvalue weighted by molar-refractivity contribution is 7.89. The Hall–Kier alpha value is -3.66. The van der Waals surface area contributed by atoms with Crippen molar-refractivity contribution in [1.29, 1.82) is 0 Å². The predicted molar refractivity (Wildman–Crippen MR) is 149 cm³/mol. The quantitative estimate of drug-likeness (QED) is 0.345. The first-order valence-corrected chi connectivity index (χ1v) is 14.1. The largest absolute Gasteiger partial charge is 0.495 e. The van der Waals surface area contributed by atoms with Gasteiger partial charge in [-0.2, -0.15) is 0 Å². The summed E-state index contributed by atoms with van der Waals surface area (Å²) in [6.45, 7) is 6.04. The highest BCUT2D eigenvalue weighted by atomic mass is 32.2. The Kier molecular flexibility index (Phi) is 7.25. The molecule has 1 aromatic heterocycles. The lowest BCUT2D eigenvalue weighted by Gasteiger charge is -2.41. The van der Waals surface area contributed by atoms with Crippen LogP contribution in [0.3, 0.4) is 0 Å². The molecule has 5 rings (SSSR count). The van der Waals surface area contributed by atoms with Gasteiger partial charge in [0, 0.05) is 43.9 Å². The van der Waals surface area contributed by atoms with E-state index in [9.17, 15) is 13.2 Å². The first kappa shape index (κ1) is 26.0. The zero-order valence-corrected chi connectivity index (χ0v) is 22.6. The summed E-state index contributed by atoms with van der Waals surface area (Å²) < 4.78 is 41.2. The summed E-state index contributed by atoms with van der Waals surface area (Å²) in [5.74, 6) is 1.16. The average Bonchev–Trinajstić information content (AvgIpc) is 2.95. The monoisotopic (exact) mass is 533 g/mol. The van der Waals surface area contributed by atoms with Crippen molar-refractivity contribution in [1.82, 2.24) is 9.42 Å². The molecule has 8 nitrogen and oxygen atoms in total. The van der Waals surface area contributed by atoms with Gasteiger partial charge in [0.2, 0.25) is 0 Å². The molecule has 3 aromatic carbocycles. The third-order valence-electron chi connectivity index (χ3n) is 6.97. The molecule has 0 radical (unpaired) electrons. The molecule has 0 bridgehead atoms. The van der Waals surface area contributed by atoms with Gasteiger partial charge in [-0.25, -0.2) is 13.4 Å². The minimum atomic E-state index is -4.02. The molecule has 1 fully saturated rings. The number of sulfonamides is 1. The lowest BCUT2D eigenvalue weighted by molar-refractivity contribution is 0.0574. The molecule has 0 spiro atoms. The Morgan fingerprint density at radius 1 is 0.921 bits per heavy atom. The van der Waals surface area contributed by atoms with Crippen LogP contribution < -0.4 is 15.1 Å². The zero-order chi connectivity index (χ0) is 26.9. The average molecular weight is 534 g/mol. The number of ether oxygens (including phenoxy) is 1. The van der Waals surface area contributed by atoms with Gasteiger partial charge in [0.1, 0.15) is 16.4 Å². The molecule has 2 heterocycles. The van der Waals surface area contributed by atoms with Crippen LogP contribution in [-0.4, -0.2) is 57.7 Å². The van der Waals surface area contributed by atoms with Crippen LogP contribution in [0.25, 0.3) is 22.3 Å². The summed E-state index contributed by atoms with van der Waals surface area (Å²) in [6, 6.07) is 21.8. The molecule has 1 aliphatic heterocycles. The number of para-hydroxylation sites is 3. The van der Waals surface area contributed by atoms with E-state index in [1.165, 1.54) is 10.5 Å². The van der Waals surface area contributed by atoms with Crippen LogP contribution in [0, 0.1) is 6.92 Å². The molecule has 0 aliphatic carbocycles. The normalized spacial score (nSPS) is 14.8. The first-order valence-electron chi connectivity index (χ1n) is 12.6. The van der Waals surface area contributed by atoms with Crippen LogP contribution in [0.1, 0.15) is 12.5 Å². The molecule has 0 saturated carbocycles. The van der Waals surface area contributed by atoms with Crippen LogP contribution in [0.5, 0.6) is 5.75 Å². The topological polar surface area (TPSA) is 83.3 Å². The van der Waals surface area contributed by atoms with Gasteiger partial charge in [-0.05, 0) is 38.1 Å². The van der Waals surface area contributed by atoms with Gasteiger partial charge in [-0.15, -0.1) is 4.41 Å². The van der Waals surface area contributed by atoms with Gasteiger partial charge < -0.3 is 14.1 Å². The third-order valence-corrected chi connectivity index (χ3v) is 8.89. The highest BCUT2D eigenvalue weighted by Gasteiger charge is 2.34. The van der Waals surface area contributed by atoms with Crippen molar-refractivity contribution in [2.75, 3.05) is 44.7 Å². The number of nitrogens with zero attached hydrogens (tertiary/aromatic N) is 3. The van der Waals surface area contributed by atoms with Gasteiger partial charge in [-0.1, -0.05) is 48.5 Å². The lowest BCUT2D eigenvalue weighted by Crippen LogP contribution is -2.55. The molecule has 198 valence electrons. The molecule has 0 unspecified atom stereocenters. The van der Waals surface area contributed by atoms with Crippen molar-refractivity contribution < 1.29 is 17.6 Å². The van der Waals surface area contributed by atoms with Gasteiger partial charge >= 0.3 is 0 Å². The predicted octanol–water partition coefficient (Wildman–Crippen LogP) is 4.52. The summed E-state index contributed by atoms with van der Waals surface area (Å²) in [4.78, 5) is 15.5. The van der Waals surface area contributed by atoms with E-state index in [2.05, 4.69) is 4.90 Å². The number of rotatable bonds is 7. The number of benzene rings is 3. The number of piperazine rings is 1. The second-order valence-electron chi connectivity index (χ2n) is 9.14. The smallest absolute Gasteiger partial charge is 0.259 e. The van der Waals surface area contributed by atoms with E-state index in [1.54, 1.807) is 26.2 Å². The van der Waals surface area contributed by atoms with Crippen molar-refractivity contribution in [3.05, 3.63) is 88.6 Å². The maximum atomic E-state index is 14.1. The lowest BCUT2D eigenvalue weighted by atomic mass is 10.1. The minimum Gasteiger partial charge on any atom is -0.495 e. The molecule has 0 amide bonds. The van der Waals surface area contributed by atoms with E-state index in [0.29, 0.717) is 37.5 Å². The third kappa shape index (κ3) is 4.57. The molecular formula is C29H31N3O5S. The van der Waals surface area contributed by atoms with Crippen molar-refractivity contribution in [2.45, 2.75) is 18.7 Å². The SMILES string of the molecule is CCN(N1CCN(c2ccccc2OC)CC1)S(=O)(=O)c1cccc2c(=O)c(C)c(-c3ccccc3)oc12. The molecule has 9 heteroatoms. The van der Waals surface area contributed by atoms with Crippen molar-refractivity contribution >= 4 is 26.7 Å². The minimum absolute atomic E-state index is 0.0155. The summed E-state index contributed by atoms with van der Waals surface area (Å²) in [6.07, 6.45) is 0. The van der Waals surface area contributed by atoms with Gasteiger partial charge in [0.25, 0.3) is 10.0 Å². The Bertz CT molecular complexity index is 1610. The fraction of sp³-hybridized carbons (Fsp3) is 0.276. The number of hydrogen-bond donors (Lipinski definition) is 0. The van der Waals surface area contributed by atoms with Crippen molar-refractivity contribution in [2.24, 2.45) is 0 Å². The Morgan fingerprint density at radius 2 is 1.61 bits per heavy atom. The standard InChI is InChI=1S/C29H31N3O5S/c1-4-32(31-19-17-30(18-20-31)24-14-8-9-15-25(24)36-3)38(34,35)26-16-10-13-23-27(33)21(2)28(37-29(23)26)22-11-6-5-7-12-22/h5-16H,4,17-20H2,1-3H3. The molecule has 0 atom stereocenters. The second kappa shape index (κ2) is 10.6. The van der Waals surface area contributed by atoms with Gasteiger partial charge in [0.05, 0.1) is 18.2 Å². The number of methoxy groups -OCH3 is 1. The highest BCUT2D eigenvalue weighted by Crippen LogP contribution is 2.32.